The topological polar surface area (TPSA) is 42.4 Å². The molecule has 2 rings (SSSR count). The Morgan fingerprint density at radius 3 is 2.56 bits per heavy atom. The zero-order valence-electron chi connectivity index (χ0n) is 10.00. The molecule has 0 saturated carbocycles. The number of hydrogen-bond acceptors (Lipinski definition) is 3. The van der Waals surface area contributed by atoms with Gasteiger partial charge in [-0.25, -0.2) is 0 Å². The van der Waals surface area contributed by atoms with E-state index in [0.717, 1.165) is 5.56 Å². The molecule has 3 nitrogen and oxygen atoms in total. The van der Waals surface area contributed by atoms with Gasteiger partial charge in [0.25, 0.3) is 0 Å². The molecule has 0 aliphatic carbocycles. The van der Waals surface area contributed by atoms with E-state index < -0.39 is 6.10 Å². The molecule has 1 N–H and O–H groups in total. The highest BCUT2D eigenvalue weighted by atomic mass is 16.5. The summed E-state index contributed by atoms with van der Waals surface area (Å²) in [5.41, 5.74) is 0.879. The second-order valence-electron chi connectivity index (χ2n) is 4.71. The zero-order valence-corrected chi connectivity index (χ0v) is 10.00. The van der Waals surface area contributed by atoms with Crippen molar-refractivity contribution in [1.82, 2.24) is 4.98 Å². The highest BCUT2D eigenvalue weighted by Crippen LogP contribution is 2.40. The molecule has 1 aromatic rings. The predicted octanol–water partition coefficient (Wildman–Crippen LogP) is 2.17. The molecule has 1 fully saturated rings. The molecular formula is C13H19NO2. The fraction of sp³-hybridized carbons (Fsp3) is 0.615. The van der Waals surface area contributed by atoms with Gasteiger partial charge in [0.05, 0.1) is 18.3 Å². The maximum atomic E-state index is 10.4. The minimum atomic E-state index is -0.483. The fourth-order valence-corrected chi connectivity index (χ4v) is 2.61. The van der Waals surface area contributed by atoms with Crippen molar-refractivity contribution >= 4 is 0 Å². The highest BCUT2D eigenvalue weighted by molar-refractivity contribution is 5.14. The van der Waals surface area contributed by atoms with Crippen LogP contribution in [0.4, 0.5) is 0 Å². The van der Waals surface area contributed by atoms with E-state index in [1.165, 1.54) is 0 Å². The van der Waals surface area contributed by atoms with Gasteiger partial charge in [-0.05, 0) is 31.4 Å². The van der Waals surface area contributed by atoms with E-state index in [9.17, 15) is 5.11 Å². The molecule has 0 amide bonds. The lowest BCUT2D eigenvalue weighted by molar-refractivity contribution is 0.0230. The van der Waals surface area contributed by atoms with Crippen LogP contribution in [0.15, 0.2) is 24.5 Å². The summed E-state index contributed by atoms with van der Waals surface area (Å²) in [6.07, 6.45) is 3.28. The van der Waals surface area contributed by atoms with Gasteiger partial charge in [0.1, 0.15) is 0 Å². The first-order chi connectivity index (χ1) is 7.61. The first-order valence-electron chi connectivity index (χ1n) is 5.84. The molecule has 0 radical (unpaired) electrons. The van der Waals surface area contributed by atoms with Crippen molar-refractivity contribution in [1.29, 1.82) is 0 Å². The number of hydrogen-bond donors (Lipinski definition) is 1. The summed E-state index contributed by atoms with van der Waals surface area (Å²) >= 11 is 0. The summed E-state index contributed by atoms with van der Waals surface area (Å²) in [5.74, 6) is 0.518. The van der Waals surface area contributed by atoms with Crippen molar-refractivity contribution < 1.29 is 9.84 Å². The summed E-state index contributed by atoms with van der Waals surface area (Å²) in [6, 6.07) is 3.77. The molecule has 1 aromatic heterocycles. The van der Waals surface area contributed by atoms with Crippen LogP contribution in [0.25, 0.3) is 0 Å². The summed E-state index contributed by atoms with van der Waals surface area (Å²) < 4.78 is 5.75. The molecule has 1 aliphatic rings. The molecule has 2 heterocycles. The van der Waals surface area contributed by atoms with Crippen molar-refractivity contribution in [3.8, 4) is 0 Å². The molecule has 0 spiro atoms. The number of aliphatic hydroxyl groups is 1. The monoisotopic (exact) mass is 221 g/mol. The van der Waals surface area contributed by atoms with Gasteiger partial charge in [-0.2, -0.15) is 0 Å². The van der Waals surface area contributed by atoms with Gasteiger partial charge in [0.15, 0.2) is 0 Å². The normalized spacial score (nSPS) is 36.2. The van der Waals surface area contributed by atoms with Crippen molar-refractivity contribution in [3.63, 3.8) is 0 Å². The second-order valence-corrected chi connectivity index (χ2v) is 4.71. The first kappa shape index (κ1) is 11.6. The Hall–Kier alpha value is -0.930. The van der Waals surface area contributed by atoms with Crippen LogP contribution < -0.4 is 0 Å². The summed E-state index contributed by atoms with van der Waals surface area (Å²) in [6.45, 7) is 6.24. The molecule has 5 atom stereocenters. The molecule has 0 aromatic carbocycles. The van der Waals surface area contributed by atoms with Gasteiger partial charge < -0.3 is 9.84 Å². The Kier molecular flexibility index (Phi) is 3.26. The van der Waals surface area contributed by atoms with E-state index in [2.05, 4.69) is 18.8 Å². The Morgan fingerprint density at radius 2 is 2.06 bits per heavy atom. The standard InChI is InChI=1S/C13H19NO2/c1-8-9(2)16-10(3)12(8)13(15)11-5-4-6-14-7-11/h4-10,12-13,15H,1-3H3. The average molecular weight is 221 g/mol. The molecule has 1 aliphatic heterocycles. The number of ether oxygens (including phenoxy) is 1. The Labute approximate surface area is 96.5 Å². The van der Waals surface area contributed by atoms with Crippen LogP contribution in [-0.2, 0) is 4.74 Å². The molecular weight excluding hydrogens is 202 g/mol. The third kappa shape index (κ3) is 1.97. The maximum Gasteiger partial charge on any atom is 0.0861 e. The average Bonchev–Trinajstić information content (AvgIpc) is 2.54. The quantitative estimate of drug-likeness (QED) is 0.832. The van der Waals surface area contributed by atoms with E-state index in [1.807, 2.05) is 19.1 Å². The van der Waals surface area contributed by atoms with Crippen LogP contribution in [0.2, 0.25) is 0 Å². The Balaban J connectivity index is 2.19. The van der Waals surface area contributed by atoms with E-state index in [0.29, 0.717) is 5.92 Å². The van der Waals surface area contributed by atoms with Crippen LogP contribution in [0.3, 0.4) is 0 Å². The third-order valence-electron chi connectivity index (χ3n) is 3.71. The van der Waals surface area contributed by atoms with Gasteiger partial charge in [0, 0.05) is 18.3 Å². The van der Waals surface area contributed by atoms with Crippen LogP contribution in [0.5, 0.6) is 0 Å². The van der Waals surface area contributed by atoms with Crippen molar-refractivity contribution in [2.45, 2.75) is 39.1 Å². The summed E-state index contributed by atoms with van der Waals surface area (Å²) in [5, 5.41) is 10.4. The highest BCUT2D eigenvalue weighted by Gasteiger charge is 2.41. The largest absolute Gasteiger partial charge is 0.388 e. The van der Waals surface area contributed by atoms with Crippen molar-refractivity contribution in [2.75, 3.05) is 0 Å². The minimum absolute atomic E-state index is 0.0974. The minimum Gasteiger partial charge on any atom is -0.388 e. The van der Waals surface area contributed by atoms with E-state index >= 15 is 0 Å². The van der Waals surface area contributed by atoms with Gasteiger partial charge >= 0.3 is 0 Å². The molecule has 0 bridgehead atoms. The zero-order chi connectivity index (χ0) is 11.7. The lowest BCUT2D eigenvalue weighted by Crippen LogP contribution is -2.25. The summed E-state index contributed by atoms with van der Waals surface area (Å²) in [7, 11) is 0. The van der Waals surface area contributed by atoms with Crippen LogP contribution in [0, 0.1) is 11.8 Å². The summed E-state index contributed by atoms with van der Waals surface area (Å²) in [4.78, 5) is 4.05. The Bertz CT molecular complexity index is 341. The number of aliphatic hydroxyl groups excluding tert-OH is 1. The molecule has 1 saturated heterocycles. The maximum absolute atomic E-state index is 10.4. The van der Waals surface area contributed by atoms with Gasteiger partial charge in [-0.3, -0.25) is 4.98 Å². The van der Waals surface area contributed by atoms with Crippen molar-refractivity contribution in [3.05, 3.63) is 30.1 Å². The number of pyridine rings is 1. The lowest BCUT2D eigenvalue weighted by atomic mass is 9.82. The lowest BCUT2D eigenvalue weighted by Gasteiger charge is -2.24. The number of aromatic nitrogens is 1. The Morgan fingerprint density at radius 1 is 1.31 bits per heavy atom. The molecule has 3 heteroatoms. The molecule has 16 heavy (non-hydrogen) atoms. The van der Waals surface area contributed by atoms with Gasteiger partial charge in [-0.1, -0.05) is 13.0 Å². The van der Waals surface area contributed by atoms with Crippen LogP contribution in [0.1, 0.15) is 32.4 Å². The fourth-order valence-electron chi connectivity index (χ4n) is 2.61. The molecule has 5 unspecified atom stereocenters. The van der Waals surface area contributed by atoms with Gasteiger partial charge in [0.2, 0.25) is 0 Å². The van der Waals surface area contributed by atoms with E-state index in [4.69, 9.17) is 4.74 Å². The van der Waals surface area contributed by atoms with Crippen LogP contribution >= 0.6 is 0 Å². The third-order valence-corrected chi connectivity index (χ3v) is 3.71. The molecule has 88 valence electrons. The van der Waals surface area contributed by atoms with Crippen LogP contribution in [-0.4, -0.2) is 22.3 Å². The van der Waals surface area contributed by atoms with E-state index in [-0.39, 0.29) is 18.1 Å². The number of rotatable bonds is 2. The van der Waals surface area contributed by atoms with E-state index in [1.54, 1.807) is 12.4 Å². The smallest absolute Gasteiger partial charge is 0.0861 e. The first-order valence-corrected chi connectivity index (χ1v) is 5.84. The second kappa shape index (κ2) is 4.52. The predicted molar refractivity (Wildman–Crippen MR) is 61.9 cm³/mol. The van der Waals surface area contributed by atoms with Gasteiger partial charge in [-0.15, -0.1) is 0 Å². The SMILES string of the molecule is CC1OC(C)C(C(O)c2cccnc2)C1C. The number of nitrogens with zero attached hydrogens (tertiary/aromatic N) is 1. The van der Waals surface area contributed by atoms with Crippen molar-refractivity contribution in [2.24, 2.45) is 11.8 Å².